The summed E-state index contributed by atoms with van der Waals surface area (Å²) in [4.78, 5) is 11.9. The quantitative estimate of drug-likeness (QED) is 0.750. The summed E-state index contributed by atoms with van der Waals surface area (Å²) in [7, 11) is 0. The number of halogens is 4. The largest absolute Gasteiger partial charge is 0.416 e. The van der Waals surface area contributed by atoms with Crippen molar-refractivity contribution in [2.24, 2.45) is 0 Å². The van der Waals surface area contributed by atoms with Crippen molar-refractivity contribution in [2.75, 3.05) is 5.32 Å². The molecule has 0 fully saturated rings. The molecule has 0 aromatic heterocycles. The number of carbonyl (C=O) groups is 1. The van der Waals surface area contributed by atoms with E-state index in [0.29, 0.717) is 0 Å². The standard InChI is InChI=1S/C15H11F3INO/c16-15(17,18)11-4-2-6-13(9-11)20-14(21)8-10-3-1-5-12(19)7-10/h1-7,9H,8H2,(H,20,21). The van der Waals surface area contributed by atoms with E-state index in [0.717, 1.165) is 21.3 Å². The van der Waals surface area contributed by atoms with E-state index in [4.69, 9.17) is 0 Å². The Morgan fingerprint density at radius 3 is 2.48 bits per heavy atom. The number of rotatable bonds is 3. The molecule has 2 nitrogen and oxygen atoms in total. The summed E-state index contributed by atoms with van der Waals surface area (Å²) in [6, 6.07) is 12.0. The van der Waals surface area contributed by atoms with Gasteiger partial charge in [0.25, 0.3) is 0 Å². The van der Waals surface area contributed by atoms with Crippen LogP contribution in [0.1, 0.15) is 11.1 Å². The summed E-state index contributed by atoms with van der Waals surface area (Å²) in [5.41, 5.74) is 0.168. The third kappa shape index (κ3) is 4.73. The Morgan fingerprint density at radius 2 is 1.81 bits per heavy atom. The van der Waals surface area contributed by atoms with Crippen molar-refractivity contribution >= 4 is 34.2 Å². The fourth-order valence-corrected chi connectivity index (χ4v) is 2.42. The summed E-state index contributed by atoms with van der Waals surface area (Å²) >= 11 is 2.13. The lowest BCUT2D eigenvalue weighted by molar-refractivity contribution is -0.137. The maximum atomic E-state index is 12.6. The van der Waals surface area contributed by atoms with Crippen LogP contribution >= 0.6 is 22.6 Å². The van der Waals surface area contributed by atoms with E-state index in [-0.39, 0.29) is 18.0 Å². The third-order valence-electron chi connectivity index (χ3n) is 2.73. The van der Waals surface area contributed by atoms with Crippen molar-refractivity contribution in [3.8, 4) is 0 Å². The predicted molar refractivity (Wildman–Crippen MR) is 82.9 cm³/mol. The lowest BCUT2D eigenvalue weighted by atomic mass is 10.1. The van der Waals surface area contributed by atoms with Crippen LogP contribution in [0.25, 0.3) is 0 Å². The van der Waals surface area contributed by atoms with Crippen LogP contribution in [0.2, 0.25) is 0 Å². The smallest absolute Gasteiger partial charge is 0.326 e. The van der Waals surface area contributed by atoms with Crippen molar-refractivity contribution in [3.05, 3.63) is 63.2 Å². The molecule has 0 radical (unpaired) electrons. The monoisotopic (exact) mass is 405 g/mol. The highest BCUT2D eigenvalue weighted by Crippen LogP contribution is 2.30. The van der Waals surface area contributed by atoms with Gasteiger partial charge in [0.05, 0.1) is 12.0 Å². The molecule has 0 saturated heterocycles. The van der Waals surface area contributed by atoms with Crippen molar-refractivity contribution in [2.45, 2.75) is 12.6 Å². The van der Waals surface area contributed by atoms with E-state index in [9.17, 15) is 18.0 Å². The van der Waals surface area contributed by atoms with Gasteiger partial charge in [0.2, 0.25) is 5.91 Å². The molecule has 0 atom stereocenters. The molecule has 0 saturated carbocycles. The highest BCUT2D eigenvalue weighted by atomic mass is 127. The van der Waals surface area contributed by atoms with Crippen LogP contribution in [-0.2, 0) is 17.4 Å². The number of benzene rings is 2. The minimum Gasteiger partial charge on any atom is -0.326 e. The Labute approximate surface area is 133 Å². The third-order valence-corrected chi connectivity index (χ3v) is 3.40. The van der Waals surface area contributed by atoms with Crippen LogP contribution in [-0.4, -0.2) is 5.91 Å². The van der Waals surface area contributed by atoms with E-state index < -0.39 is 11.7 Å². The van der Waals surface area contributed by atoms with E-state index in [1.54, 1.807) is 6.07 Å². The number of alkyl halides is 3. The molecule has 110 valence electrons. The number of nitrogens with one attached hydrogen (secondary N) is 1. The molecule has 1 N–H and O–H groups in total. The van der Waals surface area contributed by atoms with Gasteiger partial charge in [-0.3, -0.25) is 4.79 Å². The van der Waals surface area contributed by atoms with Gasteiger partial charge in [-0.25, -0.2) is 0 Å². The van der Waals surface area contributed by atoms with Gasteiger partial charge >= 0.3 is 6.18 Å². The number of anilines is 1. The molecule has 2 aromatic rings. The van der Waals surface area contributed by atoms with Crippen LogP contribution in [0.4, 0.5) is 18.9 Å². The van der Waals surface area contributed by atoms with Crippen molar-refractivity contribution < 1.29 is 18.0 Å². The Morgan fingerprint density at radius 1 is 1.10 bits per heavy atom. The Kier molecular flexibility index (Phi) is 4.87. The van der Waals surface area contributed by atoms with Crippen molar-refractivity contribution in [1.29, 1.82) is 0 Å². The zero-order valence-corrected chi connectivity index (χ0v) is 12.9. The molecule has 2 aromatic carbocycles. The Bertz CT molecular complexity index is 655. The SMILES string of the molecule is O=C(Cc1cccc(I)c1)Nc1cccc(C(F)(F)F)c1. The summed E-state index contributed by atoms with van der Waals surface area (Å²) in [5.74, 6) is -0.351. The first-order valence-corrected chi connectivity index (χ1v) is 7.14. The first-order valence-electron chi connectivity index (χ1n) is 6.06. The molecular weight excluding hydrogens is 394 g/mol. The van der Waals surface area contributed by atoms with Gasteiger partial charge in [-0.05, 0) is 58.5 Å². The fraction of sp³-hybridized carbons (Fsp3) is 0.133. The van der Waals surface area contributed by atoms with E-state index in [1.165, 1.54) is 12.1 Å². The van der Waals surface area contributed by atoms with Gasteiger partial charge in [-0.1, -0.05) is 18.2 Å². The molecule has 1 amide bonds. The van der Waals surface area contributed by atoms with E-state index in [2.05, 4.69) is 27.9 Å². The second-order valence-electron chi connectivity index (χ2n) is 4.43. The normalized spacial score (nSPS) is 11.2. The molecule has 0 unspecified atom stereocenters. The molecule has 0 aliphatic heterocycles. The Hall–Kier alpha value is -1.57. The summed E-state index contributed by atoms with van der Waals surface area (Å²) in [6.07, 6.45) is -4.30. The predicted octanol–water partition coefficient (Wildman–Crippen LogP) is 4.49. The molecule has 6 heteroatoms. The fourth-order valence-electron chi connectivity index (χ4n) is 1.81. The van der Waals surface area contributed by atoms with Gasteiger partial charge in [0.15, 0.2) is 0 Å². The van der Waals surface area contributed by atoms with Gasteiger partial charge in [0, 0.05) is 9.26 Å². The molecule has 21 heavy (non-hydrogen) atoms. The van der Waals surface area contributed by atoms with Crippen LogP contribution in [0.5, 0.6) is 0 Å². The topological polar surface area (TPSA) is 29.1 Å². The Balaban J connectivity index is 2.06. The average molecular weight is 405 g/mol. The van der Waals surface area contributed by atoms with Crippen LogP contribution < -0.4 is 5.32 Å². The zero-order chi connectivity index (χ0) is 15.5. The van der Waals surface area contributed by atoms with Crippen LogP contribution in [0, 0.1) is 3.57 Å². The van der Waals surface area contributed by atoms with Crippen LogP contribution in [0.3, 0.4) is 0 Å². The lowest BCUT2D eigenvalue weighted by Crippen LogP contribution is -2.15. The lowest BCUT2D eigenvalue weighted by Gasteiger charge is -2.10. The molecule has 0 aliphatic carbocycles. The summed E-state index contributed by atoms with van der Waals surface area (Å²) in [5, 5.41) is 2.48. The highest BCUT2D eigenvalue weighted by molar-refractivity contribution is 14.1. The maximum absolute atomic E-state index is 12.6. The number of amides is 1. The van der Waals surface area contributed by atoms with Crippen molar-refractivity contribution in [1.82, 2.24) is 0 Å². The number of carbonyl (C=O) groups excluding carboxylic acids is 1. The van der Waals surface area contributed by atoms with Crippen LogP contribution in [0.15, 0.2) is 48.5 Å². The maximum Gasteiger partial charge on any atom is 0.416 e. The minimum absolute atomic E-state index is 0.118. The molecule has 2 rings (SSSR count). The molecule has 0 aliphatic rings. The molecule has 0 spiro atoms. The minimum atomic E-state index is -4.42. The van der Waals surface area contributed by atoms with Gasteiger partial charge in [-0.2, -0.15) is 13.2 Å². The highest BCUT2D eigenvalue weighted by Gasteiger charge is 2.30. The molecular formula is C15H11F3INO. The van der Waals surface area contributed by atoms with Gasteiger partial charge in [0.1, 0.15) is 0 Å². The summed E-state index contributed by atoms with van der Waals surface area (Å²) < 4.78 is 38.7. The van der Waals surface area contributed by atoms with Gasteiger partial charge < -0.3 is 5.32 Å². The second-order valence-corrected chi connectivity index (χ2v) is 5.68. The van der Waals surface area contributed by atoms with E-state index in [1.807, 2.05) is 18.2 Å². The first-order chi connectivity index (χ1) is 9.84. The molecule has 0 bridgehead atoms. The van der Waals surface area contributed by atoms with Gasteiger partial charge in [-0.15, -0.1) is 0 Å². The second kappa shape index (κ2) is 6.46. The first kappa shape index (κ1) is 15.8. The summed E-state index contributed by atoms with van der Waals surface area (Å²) in [6.45, 7) is 0. The van der Waals surface area contributed by atoms with E-state index >= 15 is 0 Å². The number of hydrogen-bond donors (Lipinski definition) is 1. The van der Waals surface area contributed by atoms with Crippen molar-refractivity contribution in [3.63, 3.8) is 0 Å². The number of hydrogen-bond acceptors (Lipinski definition) is 1. The average Bonchev–Trinajstić information content (AvgIpc) is 2.37. The molecule has 0 heterocycles. The zero-order valence-electron chi connectivity index (χ0n) is 10.7.